The number of aromatic nitrogens is 2. The van der Waals surface area contributed by atoms with E-state index in [-0.39, 0.29) is 16.6 Å². The average molecular weight is 285 g/mol. The first-order chi connectivity index (χ1) is 9.04. The highest BCUT2D eigenvalue weighted by Gasteiger charge is 2.25. The van der Waals surface area contributed by atoms with Gasteiger partial charge in [0.2, 0.25) is 0 Å². The molecule has 4 nitrogen and oxygen atoms in total. The molecular formula is C14H21ClN2O2. The van der Waals surface area contributed by atoms with E-state index >= 15 is 0 Å². The maximum atomic E-state index is 12.5. The second-order valence-corrected chi connectivity index (χ2v) is 5.95. The van der Waals surface area contributed by atoms with Crippen LogP contribution in [0.5, 0.6) is 0 Å². The molecule has 1 N–H and O–H groups in total. The lowest BCUT2D eigenvalue weighted by molar-refractivity contribution is 0.442. The van der Waals surface area contributed by atoms with Crippen molar-refractivity contribution in [3.63, 3.8) is 0 Å². The quantitative estimate of drug-likeness (QED) is 0.865. The lowest BCUT2D eigenvalue weighted by Gasteiger charge is -2.15. The number of aromatic amines is 1. The summed E-state index contributed by atoms with van der Waals surface area (Å²) in [5, 5.41) is 0.238. The molecule has 1 fully saturated rings. The number of H-pyrrole nitrogens is 1. The maximum absolute atomic E-state index is 12.5. The summed E-state index contributed by atoms with van der Waals surface area (Å²) in [4.78, 5) is 27.0. The average Bonchev–Trinajstić information content (AvgIpc) is 2.87. The van der Waals surface area contributed by atoms with Gasteiger partial charge in [-0.15, -0.1) is 0 Å². The highest BCUT2D eigenvalue weighted by molar-refractivity contribution is 6.30. The van der Waals surface area contributed by atoms with Crippen LogP contribution in [0, 0.1) is 5.92 Å². The van der Waals surface area contributed by atoms with Crippen LogP contribution in [-0.2, 0) is 6.54 Å². The normalized spacial score (nSPS) is 17.8. The van der Waals surface area contributed by atoms with Gasteiger partial charge >= 0.3 is 5.69 Å². The minimum Gasteiger partial charge on any atom is -0.297 e. The maximum Gasteiger partial charge on any atom is 0.329 e. The minimum absolute atomic E-state index is 0.194. The van der Waals surface area contributed by atoms with Crippen LogP contribution in [0.1, 0.15) is 57.4 Å². The van der Waals surface area contributed by atoms with E-state index in [1.165, 1.54) is 4.57 Å². The molecular weight excluding hydrogens is 264 g/mol. The molecule has 1 atom stereocenters. The second kappa shape index (κ2) is 5.95. The largest absolute Gasteiger partial charge is 0.329 e. The zero-order valence-corrected chi connectivity index (χ0v) is 12.3. The van der Waals surface area contributed by atoms with E-state index in [2.05, 4.69) is 11.9 Å². The van der Waals surface area contributed by atoms with Crippen LogP contribution >= 0.6 is 11.6 Å². The number of nitrogens with one attached hydrogen (secondary N) is 1. The van der Waals surface area contributed by atoms with Crippen LogP contribution in [0.3, 0.4) is 0 Å². The molecule has 1 unspecified atom stereocenters. The molecule has 1 aromatic heterocycles. The van der Waals surface area contributed by atoms with E-state index in [0.29, 0.717) is 18.0 Å². The fraction of sp³-hybridized carbons (Fsp3) is 0.714. The minimum atomic E-state index is -0.392. The van der Waals surface area contributed by atoms with Crippen LogP contribution in [0.4, 0.5) is 0 Å². The monoisotopic (exact) mass is 284 g/mol. The van der Waals surface area contributed by atoms with Gasteiger partial charge in [-0.1, -0.05) is 44.7 Å². The highest BCUT2D eigenvalue weighted by Crippen LogP contribution is 2.34. The SMILES string of the molecule is CCC(C)Cn1c(=O)[nH]c(Cl)c(C2CCCC2)c1=O. The fourth-order valence-corrected chi connectivity index (χ4v) is 3.05. The number of nitrogens with zero attached hydrogens (tertiary/aromatic N) is 1. The Hall–Kier alpha value is -1.03. The van der Waals surface area contributed by atoms with Crippen LogP contribution in [0.2, 0.25) is 5.15 Å². The Labute approximate surface area is 117 Å². The van der Waals surface area contributed by atoms with Gasteiger partial charge in [0.25, 0.3) is 5.56 Å². The van der Waals surface area contributed by atoms with Gasteiger partial charge in [0.05, 0.1) is 5.56 Å². The second-order valence-electron chi connectivity index (χ2n) is 5.57. The molecule has 106 valence electrons. The van der Waals surface area contributed by atoms with Gasteiger partial charge in [-0.2, -0.15) is 0 Å². The van der Waals surface area contributed by atoms with Gasteiger partial charge in [0.15, 0.2) is 0 Å². The van der Waals surface area contributed by atoms with Gasteiger partial charge in [0.1, 0.15) is 5.15 Å². The lowest BCUT2D eigenvalue weighted by Crippen LogP contribution is -2.39. The van der Waals surface area contributed by atoms with Crippen LogP contribution in [0.25, 0.3) is 0 Å². The van der Waals surface area contributed by atoms with Crippen molar-refractivity contribution in [3.8, 4) is 0 Å². The summed E-state index contributed by atoms with van der Waals surface area (Å²) in [6, 6.07) is 0. The molecule has 0 aliphatic heterocycles. The Kier molecular flexibility index (Phi) is 4.50. The van der Waals surface area contributed by atoms with E-state index in [1.807, 2.05) is 6.92 Å². The molecule has 1 saturated carbocycles. The van der Waals surface area contributed by atoms with Gasteiger partial charge in [0, 0.05) is 6.54 Å². The highest BCUT2D eigenvalue weighted by atomic mass is 35.5. The zero-order valence-electron chi connectivity index (χ0n) is 11.5. The molecule has 1 aliphatic rings. The first kappa shape index (κ1) is 14.4. The summed E-state index contributed by atoms with van der Waals surface area (Å²) in [5.41, 5.74) is 0.0278. The standard InChI is InChI=1S/C14H21ClN2O2/c1-3-9(2)8-17-13(18)11(10-6-4-5-7-10)12(15)16-14(17)19/h9-10H,3-8H2,1-2H3,(H,16,19). The molecule has 0 spiro atoms. The molecule has 1 aliphatic carbocycles. The molecule has 5 heteroatoms. The topological polar surface area (TPSA) is 54.9 Å². The molecule has 1 aromatic rings. The fourth-order valence-electron chi connectivity index (χ4n) is 2.74. The predicted molar refractivity (Wildman–Crippen MR) is 77.0 cm³/mol. The number of rotatable bonds is 4. The third-order valence-electron chi connectivity index (χ3n) is 4.13. The summed E-state index contributed by atoms with van der Waals surface area (Å²) < 4.78 is 1.31. The van der Waals surface area contributed by atoms with Crippen molar-refractivity contribution in [2.24, 2.45) is 5.92 Å². The molecule has 0 amide bonds. The van der Waals surface area contributed by atoms with E-state index in [1.54, 1.807) is 0 Å². The summed E-state index contributed by atoms with van der Waals surface area (Å²) in [7, 11) is 0. The van der Waals surface area contributed by atoms with Crippen molar-refractivity contribution in [3.05, 3.63) is 31.6 Å². The number of hydrogen-bond acceptors (Lipinski definition) is 2. The first-order valence-corrected chi connectivity index (χ1v) is 7.44. The van der Waals surface area contributed by atoms with Gasteiger partial charge in [-0.3, -0.25) is 14.3 Å². The van der Waals surface area contributed by atoms with E-state index in [4.69, 9.17) is 11.6 Å². The van der Waals surface area contributed by atoms with Crippen molar-refractivity contribution in [1.29, 1.82) is 0 Å². The molecule has 0 radical (unpaired) electrons. The van der Waals surface area contributed by atoms with E-state index in [9.17, 15) is 9.59 Å². The van der Waals surface area contributed by atoms with Gasteiger partial charge in [-0.05, 0) is 24.7 Å². The number of halogens is 1. The summed E-state index contributed by atoms with van der Waals surface area (Å²) >= 11 is 6.09. The molecule has 0 bridgehead atoms. The van der Waals surface area contributed by atoms with Crippen molar-refractivity contribution in [1.82, 2.24) is 9.55 Å². The van der Waals surface area contributed by atoms with Crippen molar-refractivity contribution >= 4 is 11.6 Å². The summed E-state index contributed by atoms with van der Waals surface area (Å²) in [6.07, 6.45) is 5.18. The predicted octanol–water partition coefficient (Wildman–Crippen LogP) is 2.89. The molecule has 1 heterocycles. The summed E-state index contributed by atoms with van der Waals surface area (Å²) in [6.45, 7) is 4.55. The van der Waals surface area contributed by atoms with Crippen molar-refractivity contribution < 1.29 is 0 Å². The Bertz CT molecular complexity index is 556. The smallest absolute Gasteiger partial charge is 0.297 e. The van der Waals surface area contributed by atoms with E-state index in [0.717, 1.165) is 32.1 Å². The van der Waals surface area contributed by atoms with Crippen molar-refractivity contribution in [2.45, 2.75) is 58.4 Å². The molecule has 0 saturated heterocycles. The van der Waals surface area contributed by atoms with Crippen LogP contribution in [-0.4, -0.2) is 9.55 Å². The number of hydrogen-bond donors (Lipinski definition) is 1. The third-order valence-corrected chi connectivity index (χ3v) is 4.43. The molecule has 19 heavy (non-hydrogen) atoms. The molecule has 0 aromatic carbocycles. The van der Waals surface area contributed by atoms with Crippen LogP contribution < -0.4 is 11.2 Å². The van der Waals surface area contributed by atoms with Gasteiger partial charge in [-0.25, -0.2) is 4.79 Å². The van der Waals surface area contributed by atoms with Crippen molar-refractivity contribution in [2.75, 3.05) is 0 Å². The van der Waals surface area contributed by atoms with Crippen LogP contribution in [0.15, 0.2) is 9.59 Å². The Morgan fingerprint density at radius 2 is 2.00 bits per heavy atom. The lowest BCUT2D eigenvalue weighted by atomic mass is 10.0. The Balaban J connectivity index is 2.47. The Morgan fingerprint density at radius 3 is 2.58 bits per heavy atom. The first-order valence-electron chi connectivity index (χ1n) is 7.07. The Morgan fingerprint density at radius 1 is 1.37 bits per heavy atom. The third kappa shape index (κ3) is 2.94. The molecule has 2 rings (SSSR count). The van der Waals surface area contributed by atoms with Gasteiger partial charge < -0.3 is 0 Å². The summed E-state index contributed by atoms with van der Waals surface area (Å²) in [5.74, 6) is 0.511. The zero-order chi connectivity index (χ0) is 14.0. The van der Waals surface area contributed by atoms with E-state index < -0.39 is 5.69 Å².